The summed E-state index contributed by atoms with van der Waals surface area (Å²) < 4.78 is 13.6. The van der Waals surface area contributed by atoms with Gasteiger partial charge in [0, 0.05) is 50.4 Å². The van der Waals surface area contributed by atoms with Crippen LogP contribution in [0.3, 0.4) is 0 Å². The molecule has 1 aromatic rings. The molecule has 1 fully saturated rings. The van der Waals surface area contributed by atoms with E-state index in [-0.39, 0.29) is 11.5 Å². The number of nitro benzene ring substituents is 1. The molecule has 0 aliphatic carbocycles. The third-order valence-corrected chi connectivity index (χ3v) is 3.23. The van der Waals surface area contributed by atoms with Crippen LogP contribution >= 0.6 is 0 Å². The summed E-state index contributed by atoms with van der Waals surface area (Å²) >= 11 is 0. The highest BCUT2D eigenvalue weighted by molar-refractivity contribution is 5.35. The van der Waals surface area contributed by atoms with Crippen molar-refractivity contribution >= 4 is 5.69 Å². The second-order valence-corrected chi connectivity index (χ2v) is 4.61. The van der Waals surface area contributed by atoms with Gasteiger partial charge < -0.3 is 4.90 Å². The van der Waals surface area contributed by atoms with Gasteiger partial charge in [-0.05, 0) is 13.1 Å². The topological polar surface area (TPSA) is 49.6 Å². The summed E-state index contributed by atoms with van der Waals surface area (Å²) in [6, 6.07) is 3.69. The van der Waals surface area contributed by atoms with Crippen LogP contribution in [0.1, 0.15) is 5.56 Å². The van der Waals surface area contributed by atoms with E-state index in [4.69, 9.17) is 0 Å². The summed E-state index contributed by atoms with van der Waals surface area (Å²) in [7, 11) is 2.05. The summed E-state index contributed by atoms with van der Waals surface area (Å²) in [6.07, 6.45) is 0. The van der Waals surface area contributed by atoms with Crippen LogP contribution in [0, 0.1) is 15.9 Å². The van der Waals surface area contributed by atoms with Crippen LogP contribution in [0.25, 0.3) is 0 Å². The molecule has 1 aliphatic heterocycles. The van der Waals surface area contributed by atoms with Crippen molar-refractivity contribution in [2.24, 2.45) is 0 Å². The zero-order valence-electron chi connectivity index (χ0n) is 10.3. The molecule has 5 nitrogen and oxygen atoms in total. The van der Waals surface area contributed by atoms with Crippen molar-refractivity contribution < 1.29 is 9.31 Å². The average molecular weight is 253 g/mol. The molecule has 2 rings (SSSR count). The van der Waals surface area contributed by atoms with Gasteiger partial charge in [0.05, 0.1) is 4.92 Å². The van der Waals surface area contributed by atoms with Crippen molar-refractivity contribution in [1.29, 1.82) is 0 Å². The minimum absolute atomic E-state index is 0.0551. The predicted molar refractivity (Wildman–Crippen MR) is 65.8 cm³/mol. The van der Waals surface area contributed by atoms with Crippen LogP contribution in [-0.4, -0.2) is 47.9 Å². The number of piperazine rings is 1. The van der Waals surface area contributed by atoms with Crippen LogP contribution in [0.4, 0.5) is 10.1 Å². The molecule has 0 N–H and O–H groups in total. The standard InChI is InChI=1S/C12H16FN3O2/c1-14-4-6-15(7-5-14)9-10-8-11(16(17)18)2-3-12(10)13/h2-3,8H,4-7,9H2,1H3. The van der Waals surface area contributed by atoms with Gasteiger partial charge in [-0.15, -0.1) is 0 Å². The fourth-order valence-electron chi connectivity index (χ4n) is 2.04. The Bertz CT molecular complexity index is 445. The molecule has 0 spiro atoms. The smallest absolute Gasteiger partial charge is 0.269 e. The highest BCUT2D eigenvalue weighted by Crippen LogP contribution is 2.18. The summed E-state index contributed by atoms with van der Waals surface area (Å²) in [5, 5.41) is 10.7. The fourth-order valence-corrected chi connectivity index (χ4v) is 2.04. The highest BCUT2D eigenvalue weighted by Gasteiger charge is 2.17. The molecule has 18 heavy (non-hydrogen) atoms. The molecule has 6 heteroatoms. The van der Waals surface area contributed by atoms with Gasteiger partial charge in [0.2, 0.25) is 0 Å². The molecule has 0 radical (unpaired) electrons. The average Bonchev–Trinajstić information content (AvgIpc) is 2.34. The molecule has 1 aliphatic rings. The van der Waals surface area contributed by atoms with E-state index in [1.165, 1.54) is 18.2 Å². The van der Waals surface area contributed by atoms with Crippen LogP contribution in [0.15, 0.2) is 18.2 Å². The lowest BCUT2D eigenvalue weighted by Gasteiger charge is -2.32. The Labute approximate surface area is 105 Å². The third-order valence-electron chi connectivity index (χ3n) is 3.23. The molecule has 0 unspecified atom stereocenters. The van der Waals surface area contributed by atoms with Gasteiger partial charge in [-0.3, -0.25) is 15.0 Å². The molecular weight excluding hydrogens is 237 g/mol. The predicted octanol–water partition coefficient (Wildman–Crippen LogP) is 1.48. The van der Waals surface area contributed by atoms with Crippen molar-refractivity contribution in [2.45, 2.75) is 6.54 Å². The number of rotatable bonds is 3. The van der Waals surface area contributed by atoms with Gasteiger partial charge in [-0.1, -0.05) is 0 Å². The van der Waals surface area contributed by atoms with E-state index in [2.05, 4.69) is 9.80 Å². The molecule has 98 valence electrons. The number of hydrogen-bond acceptors (Lipinski definition) is 4. The highest BCUT2D eigenvalue weighted by atomic mass is 19.1. The Kier molecular flexibility index (Phi) is 3.88. The zero-order chi connectivity index (χ0) is 13.1. The first-order valence-corrected chi connectivity index (χ1v) is 5.90. The largest absolute Gasteiger partial charge is 0.304 e. The van der Waals surface area contributed by atoms with Gasteiger partial charge in [0.25, 0.3) is 5.69 Å². The number of nitro groups is 1. The Morgan fingerprint density at radius 2 is 2.00 bits per heavy atom. The van der Waals surface area contributed by atoms with Crippen LogP contribution in [0.5, 0.6) is 0 Å². The zero-order valence-corrected chi connectivity index (χ0v) is 10.3. The van der Waals surface area contributed by atoms with Crippen molar-refractivity contribution in [3.8, 4) is 0 Å². The van der Waals surface area contributed by atoms with E-state index < -0.39 is 4.92 Å². The second-order valence-electron chi connectivity index (χ2n) is 4.61. The lowest BCUT2D eigenvalue weighted by atomic mass is 10.1. The monoisotopic (exact) mass is 253 g/mol. The molecule has 1 saturated heterocycles. The maximum atomic E-state index is 13.6. The van der Waals surface area contributed by atoms with Crippen LogP contribution < -0.4 is 0 Å². The summed E-state index contributed by atoms with van der Waals surface area (Å²) in [5.74, 6) is -0.375. The summed E-state index contributed by atoms with van der Waals surface area (Å²) in [6.45, 7) is 4.03. The van der Waals surface area contributed by atoms with Gasteiger partial charge in [-0.2, -0.15) is 0 Å². The van der Waals surface area contributed by atoms with Gasteiger partial charge in [0.1, 0.15) is 5.82 Å². The number of likely N-dealkylation sites (N-methyl/N-ethyl adjacent to an activating group) is 1. The van der Waals surface area contributed by atoms with E-state index >= 15 is 0 Å². The van der Waals surface area contributed by atoms with Crippen molar-refractivity contribution in [1.82, 2.24) is 9.80 Å². The maximum Gasteiger partial charge on any atom is 0.269 e. The quantitative estimate of drug-likeness (QED) is 0.605. The number of nitrogens with zero attached hydrogens (tertiary/aromatic N) is 3. The molecule has 0 aromatic heterocycles. The van der Waals surface area contributed by atoms with Gasteiger partial charge in [0.15, 0.2) is 0 Å². The van der Waals surface area contributed by atoms with E-state index in [0.717, 1.165) is 26.2 Å². The SMILES string of the molecule is CN1CCN(Cc2cc([N+](=O)[O-])ccc2F)CC1. The Hall–Kier alpha value is -1.53. The minimum atomic E-state index is -0.493. The molecule has 0 atom stereocenters. The third kappa shape index (κ3) is 3.02. The number of halogens is 1. The molecule has 1 heterocycles. The molecule has 1 aromatic carbocycles. The molecule has 0 bridgehead atoms. The Morgan fingerprint density at radius 1 is 1.33 bits per heavy atom. The minimum Gasteiger partial charge on any atom is -0.304 e. The number of non-ortho nitro benzene ring substituents is 1. The first-order chi connectivity index (χ1) is 8.56. The molecular formula is C12H16FN3O2. The first kappa shape index (κ1) is 12.9. The molecule has 0 amide bonds. The van der Waals surface area contributed by atoms with Crippen molar-refractivity contribution in [3.05, 3.63) is 39.7 Å². The number of benzene rings is 1. The Morgan fingerprint density at radius 3 is 2.61 bits per heavy atom. The van der Waals surface area contributed by atoms with Gasteiger partial charge in [-0.25, -0.2) is 4.39 Å². The summed E-state index contributed by atoms with van der Waals surface area (Å²) in [4.78, 5) is 14.5. The van der Waals surface area contributed by atoms with Crippen LogP contribution in [-0.2, 0) is 6.54 Å². The second kappa shape index (κ2) is 5.41. The Balaban J connectivity index is 2.08. The lowest BCUT2D eigenvalue weighted by molar-refractivity contribution is -0.385. The normalized spacial score (nSPS) is 17.9. The first-order valence-electron chi connectivity index (χ1n) is 5.90. The number of hydrogen-bond donors (Lipinski definition) is 0. The fraction of sp³-hybridized carbons (Fsp3) is 0.500. The van der Waals surface area contributed by atoms with E-state index in [1.54, 1.807) is 0 Å². The van der Waals surface area contributed by atoms with Crippen molar-refractivity contribution in [2.75, 3.05) is 33.2 Å². The maximum absolute atomic E-state index is 13.6. The van der Waals surface area contributed by atoms with Crippen LogP contribution in [0.2, 0.25) is 0 Å². The van der Waals surface area contributed by atoms with E-state index in [0.29, 0.717) is 12.1 Å². The van der Waals surface area contributed by atoms with E-state index in [9.17, 15) is 14.5 Å². The van der Waals surface area contributed by atoms with Gasteiger partial charge >= 0.3 is 0 Å². The summed E-state index contributed by atoms with van der Waals surface area (Å²) in [5.41, 5.74) is 0.342. The van der Waals surface area contributed by atoms with E-state index in [1.807, 2.05) is 7.05 Å². The molecule has 0 saturated carbocycles. The van der Waals surface area contributed by atoms with Crippen molar-refractivity contribution in [3.63, 3.8) is 0 Å². The lowest BCUT2D eigenvalue weighted by Crippen LogP contribution is -2.44.